The number of aromatic hydroxyl groups is 1. The first-order valence-corrected chi connectivity index (χ1v) is 10.5. The van der Waals surface area contributed by atoms with Gasteiger partial charge in [-0.2, -0.15) is 10.3 Å². The third-order valence-corrected chi connectivity index (χ3v) is 7.19. The Bertz CT molecular complexity index is 916. The Morgan fingerprint density at radius 2 is 1.83 bits per heavy atom. The topological polar surface area (TPSA) is 97.3 Å². The van der Waals surface area contributed by atoms with Crippen LogP contribution in [0.5, 0.6) is 11.5 Å². The lowest BCUT2D eigenvalue weighted by Gasteiger charge is -2.57. The lowest BCUT2D eigenvalue weighted by atomic mass is 9.48. The highest BCUT2D eigenvalue weighted by atomic mass is 16.5. The van der Waals surface area contributed by atoms with E-state index < -0.39 is 5.97 Å². The molecule has 1 heterocycles. The van der Waals surface area contributed by atoms with Crippen molar-refractivity contribution in [1.82, 2.24) is 15.4 Å². The molecule has 4 bridgehead atoms. The first-order valence-electron chi connectivity index (χ1n) is 10.5. The second kappa shape index (κ2) is 6.75. The Hall–Kier alpha value is -2.57. The SMILES string of the molecule is CCOC(=O)c1n[nH]nc1-c1cc(OC)c(O)c(C23CC4CC(CC(C4)C2)C3)c1. The smallest absolute Gasteiger partial charge is 0.361 e. The summed E-state index contributed by atoms with van der Waals surface area (Å²) in [4.78, 5) is 12.3. The highest BCUT2D eigenvalue weighted by molar-refractivity contribution is 5.94. The summed E-state index contributed by atoms with van der Waals surface area (Å²) in [5.74, 6) is 2.36. The molecule has 4 fully saturated rings. The van der Waals surface area contributed by atoms with Crippen LogP contribution in [0.15, 0.2) is 12.1 Å². The Labute approximate surface area is 169 Å². The zero-order chi connectivity index (χ0) is 20.2. The average Bonchev–Trinajstić information content (AvgIpc) is 3.17. The first-order chi connectivity index (χ1) is 14.0. The van der Waals surface area contributed by atoms with E-state index in [9.17, 15) is 9.90 Å². The third kappa shape index (κ3) is 2.90. The number of ether oxygens (including phenoxy) is 2. The summed E-state index contributed by atoms with van der Waals surface area (Å²) in [7, 11) is 1.55. The van der Waals surface area contributed by atoms with E-state index in [1.807, 2.05) is 6.07 Å². The van der Waals surface area contributed by atoms with Crippen LogP contribution < -0.4 is 4.74 Å². The highest BCUT2D eigenvalue weighted by Gasteiger charge is 2.52. The summed E-state index contributed by atoms with van der Waals surface area (Å²) in [5.41, 5.74) is 2.20. The van der Waals surface area contributed by atoms with Crippen molar-refractivity contribution in [3.05, 3.63) is 23.4 Å². The number of phenols is 1. The molecule has 1 aromatic carbocycles. The molecular weight excluding hydrogens is 370 g/mol. The van der Waals surface area contributed by atoms with Crippen LogP contribution in [0.3, 0.4) is 0 Å². The van der Waals surface area contributed by atoms with Crippen LogP contribution in [0.1, 0.15) is 61.5 Å². The van der Waals surface area contributed by atoms with Crippen molar-refractivity contribution in [2.75, 3.05) is 13.7 Å². The zero-order valence-corrected chi connectivity index (χ0v) is 16.9. The maximum atomic E-state index is 12.3. The van der Waals surface area contributed by atoms with Gasteiger partial charge in [-0.3, -0.25) is 0 Å². The van der Waals surface area contributed by atoms with Gasteiger partial charge < -0.3 is 14.6 Å². The molecule has 2 aromatic rings. The molecule has 0 spiro atoms. The quantitative estimate of drug-likeness (QED) is 0.744. The number of nitrogens with one attached hydrogen (secondary N) is 1. The molecule has 29 heavy (non-hydrogen) atoms. The molecule has 154 valence electrons. The molecule has 4 aliphatic carbocycles. The van der Waals surface area contributed by atoms with Crippen molar-refractivity contribution in [1.29, 1.82) is 0 Å². The van der Waals surface area contributed by atoms with Gasteiger partial charge in [0.25, 0.3) is 0 Å². The van der Waals surface area contributed by atoms with E-state index in [4.69, 9.17) is 9.47 Å². The van der Waals surface area contributed by atoms with E-state index in [1.165, 1.54) is 19.3 Å². The highest BCUT2D eigenvalue weighted by Crippen LogP contribution is 2.62. The second-order valence-corrected chi connectivity index (χ2v) is 9.01. The summed E-state index contributed by atoms with van der Waals surface area (Å²) in [6, 6.07) is 3.71. The van der Waals surface area contributed by atoms with Crippen LogP contribution in [-0.4, -0.2) is 40.2 Å². The summed E-state index contributed by atoms with van der Waals surface area (Å²) < 4.78 is 10.6. The Kier molecular flexibility index (Phi) is 4.29. The van der Waals surface area contributed by atoms with Crippen molar-refractivity contribution in [3.63, 3.8) is 0 Å². The molecule has 0 amide bonds. The van der Waals surface area contributed by atoms with Gasteiger partial charge in [-0.1, -0.05) is 0 Å². The summed E-state index contributed by atoms with van der Waals surface area (Å²) in [6.07, 6.45) is 7.32. The maximum Gasteiger partial charge on any atom is 0.361 e. The second-order valence-electron chi connectivity index (χ2n) is 9.01. The van der Waals surface area contributed by atoms with Gasteiger partial charge in [-0.05, 0) is 80.8 Å². The standard InChI is InChI=1S/C22H27N3O4/c1-3-29-21(27)19-18(23-25-24-19)15-7-16(20(26)17(8-15)28-2)22-9-12-4-13(10-22)6-14(5-12)11-22/h7-8,12-14,26H,3-6,9-11H2,1-2H3,(H,23,24,25). The van der Waals surface area contributed by atoms with E-state index in [0.717, 1.165) is 42.6 Å². The molecule has 0 atom stereocenters. The number of carbonyl (C=O) groups excluding carboxylic acids is 1. The number of aromatic amines is 1. The van der Waals surface area contributed by atoms with Crippen LogP contribution in [0.25, 0.3) is 11.3 Å². The Morgan fingerprint density at radius 3 is 2.41 bits per heavy atom. The van der Waals surface area contributed by atoms with Crippen LogP contribution >= 0.6 is 0 Å². The van der Waals surface area contributed by atoms with E-state index in [1.54, 1.807) is 20.1 Å². The fourth-order valence-electron chi connectivity index (χ4n) is 6.52. The zero-order valence-electron chi connectivity index (χ0n) is 16.9. The lowest BCUT2D eigenvalue weighted by molar-refractivity contribution is -0.00624. The fraction of sp³-hybridized carbons (Fsp3) is 0.591. The number of carbonyl (C=O) groups is 1. The molecule has 1 aromatic heterocycles. The number of nitrogens with zero attached hydrogens (tertiary/aromatic N) is 2. The first kappa shape index (κ1) is 18.5. The lowest BCUT2D eigenvalue weighted by Crippen LogP contribution is -2.48. The number of rotatable bonds is 5. The van der Waals surface area contributed by atoms with Crippen LogP contribution in [0.4, 0.5) is 0 Å². The number of phenolic OH excluding ortho intramolecular Hbond substituents is 1. The molecule has 0 unspecified atom stereocenters. The molecule has 0 aliphatic heterocycles. The number of H-pyrrole nitrogens is 1. The molecule has 2 N–H and O–H groups in total. The number of benzene rings is 1. The summed E-state index contributed by atoms with van der Waals surface area (Å²) in [5, 5.41) is 21.8. The normalized spacial score (nSPS) is 29.8. The fourth-order valence-corrected chi connectivity index (χ4v) is 6.52. The van der Waals surface area contributed by atoms with Gasteiger partial charge >= 0.3 is 5.97 Å². The van der Waals surface area contributed by atoms with Gasteiger partial charge in [0, 0.05) is 11.1 Å². The molecule has 7 heteroatoms. The van der Waals surface area contributed by atoms with E-state index in [-0.39, 0.29) is 23.5 Å². The van der Waals surface area contributed by atoms with Crippen molar-refractivity contribution in [3.8, 4) is 22.8 Å². The number of esters is 1. The van der Waals surface area contributed by atoms with Gasteiger partial charge in [0.15, 0.2) is 17.2 Å². The van der Waals surface area contributed by atoms with E-state index >= 15 is 0 Å². The number of hydrogen-bond donors (Lipinski definition) is 2. The minimum atomic E-state index is -0.514. The number of methoxy groups -OCH3 is 1. The van der Waals surface area contributed by atoms with Crippen molar-refractivity contribution in [2.45, 2.75) is 50.9 Å². The maximum absolute atomic E-state index is 12.3. The van der Waals surface area contributed by atoms with Crippen molar-refractivity contribution < 1.29 is 19.4 Å². The minimum absolute atomic E-state index is 0.0179. The molecule has 0 radical (unpaired) electrons. The third-order valence-electron chi connectivity index (χ3n) is 7.19. The largest absolute Gasteiger partial charge is 0.504 e. The molecule has 7 nitrogen and oxygen atoms in total. The molecule has 0 saturated heterocycles. The molecule has 4 aliphatic rings. The molecule has 6 rings (SSSR count). The van der Waals surface area contributed by atoms with E-state index in [2.05, 4.69) is 15.4 Å². The monoisotopic (exact) mass is 397 g/mol. The molecule has 4 saturated carbocycles. The predicted octanol–water partition coefficient (Wildman–Crippen LogP) is 3.83. The molecular formula is C22H27N3O4. The van der Waals surface area contributed by atoms with Crippen molar-refractivity contribution in [2.24, 2.45) is 17.8 Å². The van der Waals surface area contributed by atoms with E-state index in [0.29, 0.717) is 17.0 Å². The van der Waals surface area contributed by atoms with Crippen LogP contribution in [0.2, 0.25) is 0 Å². The average molecular weight is 397 g/mol. The predicted molar refractivity (Wildman–Crippen MR) is 106 cm³/mol. The van der Waals surface area contributed by atoms with Crippen LogP contribution in [-0.2, 0) is 10.2 Å². The van der Waals surface area contributed by atoms with Gasteiger partial charge in [0.05, 0.1) is 13.7 Å². The Balaban J connectivity index is 1.62. The van der Waals surface area contributed by atoms with Gasteiger partial charge in [-0.15, -0.1) is 5.10 Å². The number of hydrogen-bond acceptors (Lipinski definition) is 6. The van der Waals surface area contributed by atoms with Gasteiger partial charge in [0.2, 0.25) is 0 Å². The van der Waals surface area contributed by atoms with Gasteiger partial charge in [0.1, 0.15) is 5.69 Å². The van der Waals surface area contributed by atoms with Crippen LogP contribution in [0, 0.1) is 17.8 Å². The number of aromatic nitrogens is 3. The summed E-state index contributed by atoms with van der Waals surface area (Å²) >= 11 is 0. The summed E-state index contributed by atoms with van der Waals surface area (Å²) in [6.45, 7) is 2.02. The van der Waals surface area contributed by atoms with Crippen molar-refractivity contribution >= 4 is 5.97 Å². The minimum Gasteiger partial charge on any atom is -0.504 e. The van der Waals surface area contributed by atoms with Gasteiger partial charge in [-0.25, -0.2) is 4.79 Å². The Morgan fingerprint density at radius 1 is 1.17 bits per heavy atom.